The number of carbonyl (C=O) groups excluding carboxylic acids is 1. The molecule has 0 bridgehead atoms. The van der Waals surface area contributed by atoms with Crippen LogP contribution in [0.1, 0.15) is 12.8 Å². The first-order valence-electron chi connectivity index (χ1n) is 6.75. The van der Waals surface area contributed by atoms with Gasteiger partial charge in [-0.25, -0.2) is 0 Å². The summed E-state index contributed by atoms with van der Waals surface area (Å²) in [7, 11) is 0. The van der Waals surface area contributed by atoms with E-state index in [9.17, 15) is 4.79 Å². The predicted octanol–water partition coefficient (Wildman–Crippen LogP) is 1.09. The van der Waals surface area contributed by atoms with E-state index in [-0.39, 0.29) is 18.8 Å². The zero-order valence-corrected chi connectivity index (χ0v) is 11.1. The van der Waals surface area contributed by atoms with Gasteiger partial charge in [-0.15, -0.1) is 0 Å². The molecule has 1 aromatic carbocycles. The summed E-state index contributed by atoms with van der Waals surface area (Å²) in [5.74, 6) is 2.05. The second-order valence-electron chi connectivity index (χ2n) is 4.66. The van der Waals surface area contributed by atoms with E-state index in [0.717, 1.165) is 18.6 Å². The first-order chi connectivity index (χ1) is 9.83. The Kier molecular flexibility index (Phi) is 3.92. The molecule has 3 rings (SSSR count). The van der Waals surface area contributed by atoms with E-state index in [0.29, 0.717) is 31.3 Å². The van der Waals surface area contributed by atoms with Crippen molar-refractivity contribution in [1.29, 1.82) is 0 Å². The van der Waals surface area contributed by atoms with Crippen LogP contribution in [0.3, 0.4) is 0 Å². The second kappa shape index (κ2) is 6.00. The van der Waals surface area contributed by atoms with Crippen LogP contribution in [0.4, 0.5) is 0 Å². The first kappa shape index (κ1) is 13.1. The van der Waals surface area contributed by atoms with Crippen molar-refractivity contribution < 1.29 is 23.7 Å². The predicted molar refractivity (Wildman–Crippen MR) is 70.0 cm³/mol. The molecule has 2 heterocycles. The van der Waals surface area contributed by atoms with Crippen molar-refractivity contribution >= 4 is 5.91 Å². The Morgan fingerprint density at radius 3 is 3.10 bits per heavy atom. The fourth-order valence-corrected chi connectivity index (χ4v) is 2.21. The minimum absolute atomic E-state index is 0.0585. The number of fused-ring (bicyclic) bond motifs is 1. The highest BCUT2D eigenvalue weighted by molar-refractivity contribution is 5.80. The van der Waals surface area contributed by atoms with Crippen molar-refractivity contribution in [3.63, 3.8) is 0 Å². The quantitative estimate of drug-likeness (QED) is 0.817. The fourth-order valence-electron chi connectivity index (χ4n) is 2.21. The van der Waals surface area contributed by atoms with Crippen LogP contribution in [0.2, 0.25) is 0 Å². The number of rotatable bonds is 5. The van der Waals surface area contributed by atoms with Crippen LogP contribution in [0.25, 0.3) is 0 Å². The third-order valence-electron chi connectivity index (χ3n) is 3.24. The largest absolute Gasteiger partial charge is 0.492 e. The smallest absolute Gasteiger partial charge is 0.249 e. The van der Waals surface area contributed by atoms with Crippen molar-refractivity contribution in [3.8, 4) is 17.2 Å². The number of ether oxygens (including phenoxy) is 4. The Bertz CT molecular complexity index is 484. The number of hydrogen-bond acceptors (Lipinski definition) is 5. The summed E-state index contributed by atoms with van der Waals surface area (Å²) in [6.45, 7) is 1.77. The highest BCUT2D eigenvalue weighted by atomic mass is 16.7. The molecule has 1 atom stereocenters. The molecule has 20 heavy (non-hydrogen) atoms. The zero-order chi connectivity index (χ0) is 13.8. The summed E-state index contributed by atoms with van der Waals surface area (Å²) in [5, 5.41) is 2.80. The number of carbonyl (C=O) groups is 1. The van der Waals surface area contributed by atoms with E-state index in [1.807, 2.05) is 12.1 Å². The van der Waals surface area contributed by atoms with E-state index >= 15 is 0 Å². The van der Waals surface area contributed by atoms with Gasteiger partial charge in [0.25, 0.3) is 0 Å². The molecule has 0 radical (unpaired) electrons. The van der Waals surface area contributed by atoms with Gasteiger partial charge in [0.05, 0.1) is 6.54 Å². The Balaban J connectivity index is 1.40. The minimum atomic E-state index is -0.291. The number of amides is 1. The molecule has 1 aromatic rings. The Morgan fingerprint density at radius 2 is 2.25 bits per heavy atom. The van der Waals surface area contributed by atoms with Crippen LogP contribution in [-0.2, 0) is 9.53 Å². The van der Waals surface area contributed by atoms with E-state index in [1.165, 1.54) is 0 Å². The monoisotopic (exact) mass is 279 g/mol. The highest BCUT2D eigenvalue weighted by Gasteiger charge is 2.22. The van der Waals surface area contributed by atoms with Crippen molar-refractivity contribution in [2.24, 2.45) is 0 Å². The molecule has 2 aliphatic heterocycles. The minimum Gasteiger partial charge on any atom is -0.492 e. The van der Waals surface area contributed by atoms with Crippen LogP contribution in [-0.4, -0.2) is 38.6 Å². The Morgan fingerprint density at radius 1 is 1.35 bits per heavy atom. The van der Waals surface area contributed by atoms with Crippen molar-refractivity contribution in [2.45, 2.75) is 18.9 Å². The van der Waals surface area contributed by atoms with Gasteiger partial charge in [-0.1, -0.05) is 0 Å². The van der Waals surface area contributed by atoms with Gasteiger partial charge in [-0.2, -0.15) is 0 Å². The van der Waals surface area contributed by atoms with Gasteiger partial charge in [0.2, 0.25) is 12.7 Å². The van der Waals surface area contributed by atoms with Gasteiger partial charge in [0.15, 0.2) is 11.5 Å². The van der Waals surface area contributed by atoms with Gasteiger partial charge < -0.3 is 24.3 Å². The van der Waals surface area contributed by atoms with E-state index < -0.39 is 0 Å². The molecule has 1 N–H and O–H groups in total. The topological polar surface area (TPSA) is 66.0 Å². The van der Waals surface area contributed by atoms with Crippen molar-refractivity contribution in [2.75, 3.05) is 26.6 Å². The summed E-state index contributed by atoms with van der Waals surface area (Å²) in [5.41, 5.74) is 0. The summed E-state index contributed by atoms with van der Waals surface area (Å²) >= 11 is 0. The molecule has 1 unspecified atom stereocenters. The molecular weight excluding hydrogens is 262 g/mol. The molecule has 0 saturated carbocycles. The third-order valence-corrected chi connectivity index (χ3v) is 3.24. The molecule has 2 aliphatic rings. The summed E-state index contributed by atoms with van der Waals surface area (Å²) < 4.78 is 21.3. The Hall–Kier alpha value is -1.95. The normalized spacial score (nSPS) is 19.9. The lowest BCUT2D eigenvalue weighted by molar-refractivity contribution is -0.130. The average molecular weight is 279 g/mol. The van der Waals surface area contributed by atoms with Gasteiger partial charge in [0, 0.05) is 12.7 Å². The van der Waals surface area contributed by atoms with Gasteiger partial charge in [-0.05, 0) is 25.0 Å². The number of nitrogens with one attached hydrogen (secondary N) is 1. The third kappa shape index (κ3) is 2.96. The molecule has 1 saturated heterocycles. The highest BCUT2D eigenvalue weighted by Crippen LogP contribution is 2.34. The molecular formula is C14H17NO5. The first-order valence-corrected chi connectivity index (χ1v) is 6.75. The van der Waals surface area contributed by atoms with E-state index in [4.69, 9.17) is 18.9 Å². The molecule has 0 aromatic heterocycles. The summed E-state index contributed by atoms with van der Waals surface area (Å²) in [6.07, 6.45) is 1.46. The van der Waals surface area contributed by atoms with Crippen molar-refractivity contribution in [1.82, 2.24) is 5.32 Å². The number of hydrogen-bond donors (Lipinski definition) is 1. The van der Waals surface area contributed by atoms with E-state index in [1.54, 1.807) is 6.07 Å². The Labute approximate surface area is 117 Å². The molecule has 6 heteroatoms. The molecule has 0 spiro atoms. The molecule has 108 valence electrons. The lowest BCUT2D eigenvalue weighted by Gasteiger charge is -2.11. The van der Waals surface area contributed by atoms with E-state index in [2.05, 4.69) is 5.32 Å². The van der Waals surface area contributed by atoms with Gasteiger partial charge in [0.1, 0.15) is 18.5 Å². The summed E-state index contributed by atoms with van der Waals surface area (Å²) in [6, 6.07) is 5.41. The van der Waals surface area contributed by atoms with Crippen LogP contribution in [0.5, 0.6) is 17.2 Å². The maximum absolute atomic E-state index is 11.7. The van der Waals surface area contributed by atoms with Crippen LogP contribution in [0.15, 0.2) is 18.2 Å². The maximum Gasteiger partial charge on any atom is 0.249 e. The second-order valence-corrected chi connectivity index (χ2v) is 4.66. The SMILES string of the molecule is O=C(NCCOc1ccc2c(c1)OCO2)C1CCCO1. The zero-order valence-electron chi connectivity index (χ0n) is 11.1. The van der Waals surface area contributed by atoms with Crippen LogP contribution in [0, 0.1) is 0 Å². The van der Waals surface area contributed by atoms with Crippen LogP contribution >= 0.6 is 0 Å². The average Bonchev–Trinajstić information content (AvgIpc) is 3.13. The van der Waals surface area contributed by atoms with Gasteiger partial charge >= 0.3 is 0 Å². The summed E-state index contributed by atoms with van der Waals surface area (Å²) in [4.78, 5) is 11.7. The van der Waals surface area contributed by atoms with Crippen molar-refractivity contribution in [3.05, 3.63) is 18.2 Å². The maximum atomic E-state index is 11.7. The standard InChI is InChI=1S/C14H17NO5/c16-14(12-2-1-6-18-12)15-5-7-17-10-3-4-11-13(8-10)20-9-19-11/h3-4,8,12H,1-2,5-7,9H2,(H,15,16). The lowest BCUT2D eigenvalue weighted by atomic mass is 10.2. The van der Waals surface area contributed by atoms with Crippen LogP contribution < -0.4 is 19.5 Å². The van der Waals surface area contributed by atoms with Gasteiger partial charge in [-0.3, -0.25) is 4.79 Å². The molecule has 1 amide bonds. The molecule has 0 aliphatic carbocycles. The molecule has 1 fully saturated rings. The number of benzene rings is 1. The lowest BCUT2D eigenvalue weighted by Crippen LogP contribution is -2.36. The molecule has 6 nitrogen and oxygen atoms in total. The fraction of sp³-hybridized carbons (Fsp3) is 0.500.